The van der Waals surface area contributed by atoms with Crippen molar-refractivity contribution in [3.05, 3.63) is 65.7 Å². The Morgan fingerprint density at radius 1 is 0.772 bits per heavy atom. The molecule has 2 aromatic carbocycles. The maximum absolute atomic E-state index is 14.3. The molecule has 0 spiro atoms. The van der Waals surface area contributed by atoms with Gasteiger partial charge in [-0.3, -0.25) is 19.2 Å². The molecule has 0 saturated carbocycles. The van der Waals surface area contributed by atoms with Crippen LogP contribution in [-0.4, -0.2) is 96.8 Å². The van der Waals surface area contributed by atoms with Gasteiger partial charge < -0.3 is 40.7 Å². The van der Waals surface area contributed by atoms with Gasteiger partial charge in [0.25, 0.3) is 0 Å². The van der Waals surface area contributed by atoms with Crippen LogP contribution in [0.5, 0.6) is 5.75 Å². The van der Waals surface area contributed by atoms with Crippen LogP contribution < -0.4 is 26.0 Å². The van der Waals surface area contributed by atoms with Gasteiger partial charge in [0.15, 0.2) is 0 Å². The molecule has 2 aromatic rings. The minimum Gasteiger partial charge on any atom is -0.497 e. The number of carbonyl (C=O) groups excluding carboxylic acids is 5. The fourth-order valence-corrected chi connectivity index (χ4v) is 6.20. The SMILES string of the molecule is COc1ccc(C[C@H](NC(=O)OC(C)(C)C)C(=O)N(C)[C@@H](Cc2ccccc2)C(=O)N[C@H](CC(C)C)[C@H](O)CC(=O)NCCCCCC(=O)NCCC(C)C)cc1. The van der Waals surface area contributed by atoms with Crippen molar-refractivity contribution in [3.8, 4) is 5.75 Å². The molecule has 0 fully saturated rings. The molecule has 0 unspecified atom stereocenters. The van der Waals surface area contributed by atoms with Gasteiger partial charge in [0.1, 0.15) is 23.4 Å². The maximum Gasteiger partial charge on any atom is 0.408 e. The molecule has 5 N–H and O–H groups in total. The Labute approximate surface area is 340 Å². The first-order chi connectivity index (χ1) is 26.9. The number of nitrogens with one attached hydrogen (secondary N) is 4. The second-order valence-electron chi connectivity index (χ2n) is 16.6. The third-order valence-corrected chi connectivity index (χ3v) is 9.34. The lowest BCUT2D eigenvalue weighted by Crippen LogP contribution is -2.58. The van der Waals surface area contributed by atoms with Crippen molar-refractivity contribution in [1.82, 2.24) is 26.2 Å². The van der Waals surface area contributed by atoms with E-state index in [1.807, 2.05) is 44.2 Å². The summed E-state index contributed by atoms with van der Waals surface area (Å²) in [6.07, 6.45) is 2.03. The van der Waals surface area contributed by atoms with E-state index in [9.17, 15) is 29.1 Å². The number of aliphatic hydroxyl groups excluding tert-OH is 1. The fraction of sp³-hybridized carbons (Fsp3) is 0.614. The lowest BCUT2D eigenvalue weighted by molar-refractivity contribution is -0.141. The van der Waals surface area contributed by atoms with E-state index in [4.69, 9.17) is 9.47 Å². The molecule has 0 aliphatic rings. The first-order valence-corrected chi connectivity index (χ1v) is 20.3. The number of nitrogens with zero attached hydrogens (tertiary/aromatic N) is 1. The number of carbonyl (C=O) groups is 5. The normalized spacial score (nSPS) is 13.5. The molecule has 2 rings (SSSR count). The average Bonchev–Trinajstić information content (AvgIpc) is 3.13. The van der Waals surface area contributed by atoms with E-state index in [2.05, 4.69) is 35.1 Å². The Bertz CT molecular complexity index is 1530. The highest BCUT2D eigenvalue weighted by molar-refractivity contribution is 5.92. The van der Waals surface area contributed by atoms with E-state index in [-0.39, 0.29) is 37.0 Å². The third kappa shape index (κ3) is 19.9. The molecule has 13 heteroatoms. The highest BCUT2D eigenvalue weighted by Crippen LogP contribution is 2.18. The predicted octanol–water partition coefficient (Wildman–Crippen LogP) is 5.32. The number of ether oxygens (including phenoxy) is 2. The zero-order chi connectivity index (χ0) is 42.5. The molecule has 0 aliphatic carbocycles. The molecule has 0 saturated heterocycles. The Hall–Kier alpha value is -4.65. The zero-order valence-corrected chi connectivity index (χ0v) is 35.7. The summed E-state index contributed by atoms with van der Waals surface area (Å²) in [6, 6.07) is 13.5. The largest absolute Gasteiger partial charge is 0.497 e. The topological polar surface area (TPSA) is 175 Å². The maximum atomic E-state index is 14.3. The van der Waals surface area contributed by atoms with Crippen LogP contribution in [0.15, 0.2) is 54.6 Å². The van der Waals surface area contributed by atoms with Crippen molar-refractivity contribution < 1.29 is 38.6 Å². The van der Waals surface area contributed by atoms with Crippen molar-refractivity contribution >= 4 is 29.7 Å². The van der Waals surface area contributed by atoms with Crippen molar-refractivity contribution in [1.29, 1.82) is 0 Å². The van der Waals surface area contributed by atoms with Crippen molar-refractivity contribution in [2.75, 3.05) is 27.2 Å². The second-order valence-corrected chi connectivity index (χ2v) is 16.6. The fourth-order valence-electron chi connectivity index (χ4n) is 6.20. The van der Waals surface area contributed by atoms with E-state index in [0.29, 0.717) is 44.0 Å². The molecular weight excluding hydrogens is 727 g/mol. The molecule has 57 heavy (non-hydrogen) atoms. The number of unbranched alkanes of at least 4 members (excludes halogenated alkanes) is 2. The Morgan fingerprint density at radius 3 is 2.00 bits per heavy atom. The van der Waals surface area contributed by atoms with Crippen LogP contribution >= 0.6 is 0 Å². The summed E-state index contributed by atoms with van der Waals surface area (Å²) in [4.78, 5) is 67.9. The molecule has 0 aliphatic heterocycles. The van der Waals surface area contributed by atoms with E-state index in [1.54, 1.807) is 52.1 Å². The molecular formula is C44H69N5O8. The highest BCUT2D eigenvalue weighted by Gasteiger charge is 2.35. The van der Waals surface area contributed by atoms with Crippen LogP contribution in [0.2, 0.25) is 0 Å². The summed E-state index contributed by atoms with van der Waals surface area (Å²) in [5.41, 5.74) is 0.742. The number of alkyl carbamates (subject to hydrolysis) is 1. The molecule has 318 valence electrons. The van der Waals surface area contributed by atoms with Gasteiger partial charge in [-0.25, -0.2) is 4.79 Å². The lowest BCUT2D eigenvalue weighted by Gasteiger charge is -2.33. The molecule has 0 aromatic heterocycles. The van der Waals surface area contributed by atoms with E-state index in [0.717, 1.165) is 30.4 Å². The van der Waals surface area contributed by atoms with E-state index < -0.39 is 47.7 Å². The van der Waals surface area contributed by atoms with Crippen LogP contribution in [-0.2, 0) is 36.8 Å². The van der Waals surface area contributed by atoms with Crippen LogP contribution in [0.1, 0.15) is 105 Å². The number of amides is 5. The standard InChI is InChI=1S/C44H69N5O8/c1-30(2)23-25-46-39(51)18-14-11-15-24-45-40(52)29-38(50)35(26-31(3)4)47-41(53)37(28-32-16-12-10-13-17-32)49(8)42(54)36(48-43(55)57-44(5,6)7)27-33-19-21-34(56-9)22-20-33/h10,12-13,16-17,19-22,30-31,35-38,50H,11,14-15,18,23-29H2,1-9H3,(H,45,52)(H,46,51)(H,47,53)(H,48,55)/t35-,36+,37+,38-/m1/s1. The van der Waals surface area contributed by atoms with Crippen LogP contribution in [0, 0.1) is 11.8 Å². The first-order valence-electron chi connectivity index (χ1n) is 20.3. The lowest BCUT2D eigenvalue weighted by atomic mass is 9.95. The number of hydrogen-bond acceptors (Lipinski definition) is 8. The smallest absolute Gasteiger partial charge is 0.408 e. The number of methoxy groups -OCH3 is 1. The minimum atomic E-state index is -1.19. The Balaban J connectivity index is 2.18. The molecule has 0 bridgehead atoms. The second kappa shape index (κ2) is 24.9. The zero-order valence-electron chi connectivity index (χ0n) is 35.7. The monoisotopic (exact) mass is 796 g/mol. The molecule has 0 heterocycles. The summed E-state index contributed by atoms with van der Waals surface area (Å²) in [5.74, 6) is -0.0975. The number of benzene rings is 2. The summed E-state index contributed by atoms with van der Waals surface area (Å²) in [7, 11) is 3.08. The Kier molecular flexibility index (Phi) is 21.2. The summed E-state index contributed by atoms with van der Waals surface area (Å²) in [5, 5.41) is 22.8. The van der Waals surface area contributed by atoms with Gasteiger partial charge in [0, 0.05) is 39.4 Å². The van der Waals surface area contributed by atoms with E-state index >= 15 is 0 Å². The van der Waals surface area contributed by atoms with Crippen LogP contribution in [0.4, 0.5) is 4.79 Å². The first kappa shape index (κ1) is 48.5. The van der Waals surface area contributed by atoms with Crippen molar-refractivity contribution in [2.24, 2.45) is 11.8 Å². The van der Waals surface area contributed by atoms with E-state index in [1.165, 1.54) is 11.9 Å². The average molecular weight is 796 g/mol. The number of aliphatic hydroxyl groups is 1. The van der Waals surface area contributed by atoms with Gasteiger partial charge >= 0.3 is 6.09 Å². The predicted molar refractivity (Wildman–Crippen MR) is 223 cm³/mol. The number of rotatable bonds is 24. The summed E-state index contributed by atoms with van der Waals surface area (Å²) < 4.78 is 10.8. The molecule has 5 amide bonds. The quantitative estimate of drug-likeness (QED) is 0.0888. The summed E-state index contributed by atoms with van der Waals surface area (Å²) in [6.45, 7) is 14.4. The molecule has 4 atom stereocenters. The Morgan fingerprint density at radius 2 is 1.40 bits per heavy atom. The minimum absolute atomic E-state index is 0.0356. The van der Waals surface area contributed by atoms with Crippen LogP contribution in [0.25, 0.3) is 0 Å². The van der Waals surface area contributed by atoms with Gasteiger partial charge in [-0.15, -0.1) is 0 Å². The number of likely N-dealkylation sites (N-methyl/N-ethyl adjacent to an activating group) is 1. The highest BCUT2D eigenvalue weighted by atomic mass is 16.6. The van der Waals surface area contributed by atoms with Gasteiger partial charge in [-0.05, 0) is 81.5 Å². The van der Waals surface area contributed by atoms with Crippen molar-refractivity contribution in [3.63, 3.8) is 0 Å². The van der Waals surface area contributed by atoms with Crippen molar-refractivity contribution in [2.45, 2.75) is 136 Å². The molecule has 0 radical (unpaired) electrons. The van der Waals surface area contributed by atoms with Crippen LogP contribution in [0.3, 0.4) is 0 Å². The number of hydrogen-bond donors (Lipinski definition) is 5. The van der Waals surface area contributed by atoms with Gasteiger partial charge in [0.2, 0.25) is 23.6 Å². The van der Waals surface area contributed by atoms with Gasteiger partial charge in [-0.1, -0.05) is 76.6 Å². The summed E-state index contributed by atoms with van der Waals surface area (Å²) >= 11 is 0. The van der Waals surface area contributed by atoms with Gasteiger partial charge in [0.05, 0.1) is 25.7 Å². The third-order valence-electron chi connectivity index (χ3n) is 9.34. The molecule has 13 nitrogen and oxygen atoms in total. The van der Waals surface area contributed by atoms with Gasteiger partial charge in [-0.2, -0.15) is 0 Å².